The molecule has 0 radical (unpaired) electrons. The number of ether oxygens (including phenoxy) is 2. The molecule has 0 spiro atoms. The van der Waals surface area contributed by atoms with Crippen molar-refractivity contribution in [3.63, 3.8) is 0 Å². The van der Waals surface area contributed by atoms with E-state index in [1.54, 1.807) is 0 Å². The van der Waals surface area contributed by atoms with Crippen LogP contribution in [0.5, 0.6) is 5.75 Å². The van der Waals surface area contributed by atoms with Gasteiger partial charge in [0.15, 0.2) is 0 Å². The molecular formula is C17H25NO2. The second-order valence-corrected chi connectivity index (χ2v) is 6.05. The Hall–Kier alpha value is -1.06. The summed E-state index contributed by atoms with van der Waals surface area (Å²) in [4.78, 5) is 0. The van der Waals surface area contributed by atoms with Crippen LogP contribution in [0.1, 0.15) is 42.7 Å². The molecule has 0 aromatic heterocycles. The predicted octanol–water partition coefficient (Wildman–Crippen LogP) is 2.87. The number of rotatable bonds is 4. The Morgan fingerprint density at radius 3 is 2.85 bits per heavy atom. The van der Waals surface area contributed by atoms with E-state index in [0.29, 0.717) is 11.8 Å². The van der Waals surface area contributed by atoms with E-state index in [-0.39, 0.29) is 0 Å². The highest BCUT2D eigenvalue weighted by Crippen LogP contribution is 2.33. The molecule has 2 N–H and O–H groups in total. The first-order chi connectivity index (χ1) is 9.86. The lowest BCUT2D eigenvalue weighted by Gasteiger charge is -2.26. The minimum atomic E-state index is 0.545. The van der Waals surface area contributed by atoms with Gasteiger partial charge in [-0.25, -0.2) is 0 Å². The van der Waals surface area contributed by atoms with Crippen molar-refractivity contribution in [2.24, 2.45) is 11.7 Å². The molecule has 1 unspecified atom stereocenters. The standard InChI is InChI=1S/C17H25NO2/c18-11-15-3-1-2-14-10-16(4-5-17(14)15)20-12-13-6-8-19-9-7-13/h4-5,10,13,15H,1-3,6-9,11-12,18H2. The molecule has 2 aliphatic rings. The van der Waals surface area contributed by atoms with E-state index in [1.807, 2.05) is 0 Å². The highest BCUT2D eigenvalue weighted by molar-refractivity contribution is 5.39. The molecule has 1 saturated heterocycles. The highest BCUT2D eigenvalue weighted by atomic mass is 16.5. The monoisotopic (exact) mass is 275 g/mol. The van der Waals surface area contributed by atoms with Crippen LogP contribution in [0.25, 0.3) is 0 Å². The van der Waals surface area contributed by atoms with Gasteiger partial charge in [0.2, 0.25) is 0 Å². The summed E-state index contributed by atoms with van der Waals surface area (Å²) >= 11 is 0. The predicted molar refractivity (Wildman–Crippen MR) is 80.2 cm³/mol. The second-order valence-electron chi connectivity index (χ2n) is 6.05. The first-order valence-corrected chi connectivity index (χ1v) is 7.90. The van der Waals surface area contributed by atoms with Gasteiger partial charge in [0.25, 0.3) is 0 Å². The molecular weight excluding hydrogens is 250 g/mol. The van der Waals surface area contributed by atoms with Gasteiger partial charge in [-0.1, -0.05) is 6.07 Å². The third-order valence-corrected chi connectivity index (χ3v) is 4.66. The van der Waals surface area contributed by atoms with Gasteiger partial charge in [-0.2, -0.15) is 0 Å². The normalized spacial score (nSPS) is 23.4. The van der Waals surface area contributed by atoms with Crippen LogP contribution in [0.2, 0.25) is 0 Å². The molecule has 1 heterocycles. The summed E-state index contributed by atoms with van der Waals surface area (Å²) in [5, 5.41) is 0. The largest absolute Gasteiger partial charge is 0.493 e. The Morgan fingerprint density at radius 2 is 2.05 bits per heavy atom. The van der Waals surface area contributed by atoms with Crippen molar-refractivity contribution in [3.8, 4) is 5.75 Å². The van der Waals surface area contributed by atoms with Gasteiger partial charge < -0.3 is 15.2 Å². The third kappa shape index (κ3) is 3.15. The zero-order valence-corrected chi connectivity index (χ0v) is 12.1. The van der Waals surface area contributed by atoms with E-state index < -0.39 is 0 Å². The van der Waals surface area contributed by atoms with E-state index in [0.717, 1.165) is 45.0 Å². The van der Waals surface area contributed by atoms with Crippen LogP contribution >= 0.6 is 0 Å². The molecule has 0 bridgehead atoms. The Kier molecular flexibility index (Phi) is 4.58. The molecule has 3 nitrogen and oxygen atoms in total. The van der Waals surface area contributed by atoms with Crippen molar-refractivity contribution in [3.05, 3.63) is 29.3 Å². The Balaban J connectivity index is 1.63. The van der Waals surface area contributed by atoms with Gasteiger partial charge in [-0.05, 0) is 73.7 Å². The fourth-order valence-electron chi connectivity index (χ4n) is 3.35. The molecule has 1 aromatic carbocycles. The molecule has 3 rings (SSSR count). The average molecular weight is 275 g/mol. The van der Waals surface area contributed by atoms with Crippen molar-refractivity contribution in [1.29, 1.82) is 0 Å². The minimum Gasteiger partial charge on any atom is -0.493 e. The molecule has 1 aliphatic carbocycles. The van der Waals surface area contributed by atoms with E-state index in [2.05, 4.69) is 18.2 Å². The summed E-state index contributed by atoms with van der Waals surface area (Å²) in [6.45, 7) is 3.35. The van der Waals surface area contributed by atoms with Crippen molar-refractivity contribution < 1.29 is 9.47 Å². The van der Waals surface area contributed by atoms with Gasteiger partial charge >= 0.3 is 0 Å². The maximum absolute atomic E-state index is 5.99. The van der Waals surface area contributed by atoms with E-state index >= 15 is 0 Å². The smallest absolute Gasteiger partial charge is 0.119 e. The summed E-state index contributed by atoms with van der Waals surface area (Å²) in [6, 6.07) is 6.58. The second kappa shape index (κ2) is 6.59. The molecule has 1 aliphatic heterocycles. The number of hydrogen-bond donors (Lipinski definition) is 1. The quantitative estimate of drug-likeness (QED) is 0.919. The summed E-state index contributed by atoms with van der Waals surface area (Å²) in [5.41, 5.74) is 8.75. The van der Waals surface area contributed by atoms with Crippen molar-refractivity contribution in [2.75, 3.05) is 26.4 Å². The molecule has 1 atom stereocenters. The van der Waals surface area contributed by atoms with Crippen molar-refractivity contribution in [1.82, 2.24) is 0 Å². The maximum atomic E-state index is 5.99. The summed E-state index contributed by atoms with van der Waals surface area (Å²) in [6.07, 6.45) is 5.89. The molecule has 1 aromatic rings. The highest BCUT2D eigenvalue weighted by Gasteiger charge is 2.20. The molecule has 3 heteroatoms. The molecule has 1 fully saturated rings. The fraction of sp³-hybridized carbons (Fsp3) is 0.647. The number of aryl methyl sites for hydroxylation is 1. The summed E-state index contributed by atoms with van der Waals surface area (Å²) in [5.74, 6) is 2.22. The molecule has 0 saturated carbocycles. The lowest BCUT2D eigenvalue weighted by atomic mass is 9.83. The maximum Gasteiger partial charge on any atom is 0.119 e. The lowest BCUT2D eigenvalue weighted by Crippen LogP contribution is -2.21. The Bertz CT molecular complexity index is 441. The topological polar surface area (TPSA) is 44.5 Å². The molecule has 110 valence electrons. The zero-order valence-electron chi connectivity index (χ0n) is 12.1. The van der Waals surface area contributed by atoms with Crippen molar-refractivity contribution >= 4 is 0 Å². The van der Waals surface area contributed by atoms with Crippen LogP contribution in [0.3, 0.4) is 0 Å². The Labute approximate surface area is 121 Å². The van der Waals surface area contributed by atoms with E-state index in [9.17, 15) is 0 Å². The first kappa shape index (κ1) is 13.9. The van der Waals surface area contributed by atoms with Crippen LogP contribution in [-0.2, 0) is 11.2 Å². The van der Waals surface area contributed by atoms with Crippen LogP contribution in [0.15, 0.2) is 18.2 Å². The van der Waals surface area contributed by atoms with Gasteiger partial charge in [-0.15, -0.1) is 0 Å². The summed E-state index contributed by atoms with van der Waals surface area (Å²) in [7, 11) is 0. The number of fused-ring (bicyclic) bond motifs is 1. The Morgan fingerprint density at radius 1 is 1.20 bits per heavy atom. The summed E-state index contributed by atoms with van der Waals surface area (Å²) < 4.78 is 11.4. The zero-order chi connectivity index (χ0) is 13.8. The van der Waals surface area contributed by atoms with Gasteiger partial charge in [0.1, 0.15) is 5.75 Å². The first-order valence-electron chi connectivity index (χ1n) is 7.90. The molecule has 0 amide bonds. The number of nitrogens with two attached hydrogens (primary N) is 1. The molecule has 20 heavy (non-hydrogen) atoms. The number of benzene rings is 1. The van der Waals surface area contributed by atoms with Crippen LogP contribution in [0.4, 0.5) is 0 Å². The van der Waals surface area contributed by atoms with Crippen LogP contribution < -0.4 is 10.5 Å². The van der Waals surface area contributed by atoms with Crippen LogP contribution in [-0.4, -0.2) is 26.4 Å². The van der Waals surface area contributed by atoms with Crippen LogP contribution in [0, 0.1) is 5.92 Å². The van der Waals surface area contributed by atoms with Crippen molar-refractivity contribution in [2.45, 2.75) is 38.0 Å². The van der Waals surface area contributed by atoms with Gasteiger partial charge in [0.05, 0.1) is 6.61 Å². The third-order valence-electron chi connectivity index (χ3n) is 4.66. The van der Waals surface area contributed by atoms with E-state index in [4.69, 9.17) is 15.2 Å². The fourth-order valence-corrected chi connectivity index (χ4v) is 3.35. The van der Waals surface area contributed by atoms with E-state index in [1.165, 1.54) is 30.4 Å². The van der Waals surface area contributed by atoms with Gasteiger partial charge in [-0.3, -0.25) is 0 Å². The average Bonchev–Trinajstić information content (AvgIpc) is 2.53. The lowest BCUT2D eigenvalue weighted by molar-refractivity contribution is 0.0497. The van der Waals surface area contributed by atoms with Gasteiger partial charge in [0, 0.05) is 13.2 Å². The minimum absolute atomic E-state index is 0.545. The number of hydrogen-bond acceptors (Lipinski definition) is 3. The SMILES string of the molecule is NCC1CCCc2cc(OCC3CCOCC3)ccc21.